The van der Waals surface area contributed by atoms with E-state index in [-0.39, 0.29) is 0 Å². The van der Waals surface area contributed by atoms with Gasteiger partial charge in [-0.05, 0) is 43.0 Å². The first kappa shape index (κ1) is 12.3. The second-order valence-electron chi connectivity index (χ2n) is 5.48. The lowest BCUT2D eigenvalue weighted by atomic mass is 9.89. The zero-order valence-corrected chi connectivity index (χ0v) is 11.2. The number of fused-ring (bicyclic) bond motifs is 1. The number of benzene rings is 1. The second-order valence-corrected chi connectivity index (χ2v) is 5.48. The van der Waals surface area contributed by atoms with Crippen LogP contribution in [0.15, 0.2) is 30.5 Å². The number of nitrogens with one attached hydrogen (secondary N) is 1. The molecular formula is C16H21N3. The highest BCUT2D eigenvalue weighted by Gasteiger charge is 2.13. The highest BCUT2D eigenvalue weighted by molar-refractivity contribution is 5.96. The van der Waals surface area contributed by atoms with Crippen LogP contribution in [-0.4, -0.2) is 11.5 Å². The largest absolute Gasteiger partial charge is 0.397 e. The first-order valence-corrected chi connectivity index (χ1v) is 7.21. The Bertz CT molecular complexity index is 559. The summed E-state index contributed by atoms with van der Waals surface area (Å²) < 4.78 is 0. The molecule has 1 saturated carbocycles. The van der Waals surface area contributed by atoms with Crippen molar-refractivity contribution in [3.63, 3.8) is 0 Å². The van der Waals surface area contributed by atoms with Gasteiger partial charge in [0.2, 0.25) is 0 Å². The molecule has 1 aromatic carbocycles. The van der Waals surface area contributed by atoms with E-state index in [1.807, 2.05) is 24.3 Å². The van der Waals surface area contributed by atoms with Crippen LogP contribution in [0.1, 0.15) is 32.1 Å². The molecule has 0 atom stereocenters. The van der Waals surface area contributed by atoms with Crippen molar-refractivity contribution in [1.29, 1.82) is 0 Å². The number of hydrogen-bond acceptors (Lipinski definition) is 3. The molecule has 3 nitrogen and oxygen atoms in total. The minimum Gasteiger partial charge on any atom is -0.397 e. The van der Waals surface area contributed by atoms with Gasteiger partial charge in [-0.3, -0.25) is 4.98 Å². The zero-order chi connectivity index (χ0) is 13.1. The second kappa shape index (κ2) is 5.47. The predicted molar refractivity (Wildman–Crippen MR) is 81.2 cm³/mol. The van der Waals surface area contributed by atoms with E-state index in [0.717, 1.165) is 34.7 Å². The molecule has 0 amide bonds. The van der Waals surface area contributed by atoms with Gasteiger partial charge in [0, 0.05) is 18.1 Å². The predicted octanol–water partition coefficient (Wildman–Crippen LogP) is 3.81. The third-order valence-corrected chi connectivity index (χ3v) is 4.13. The van der Waals surface area contributed by atoms with Crippen LogP contribution in [0.25, 0.3) is 10.9 Å². The average Bonchev–Trinajstić information content (AvgIpc) is 2.48. The van der Waals surface area contributed by atoms with Crippen molar-refractivity contribution in [2.24, 2.45) is 5.92 Å². The summed E-state index contributed by atoms with van der Waals surface area (Å²) in [4.78, 5) is 4.33. The molecule has 19 heavy (non-hydrogen) atoms. The quantitative estimate of drug-likeness (QED) is 0.820. The lowest BCUT2D eigenvalue weighted by Gasteiger charge is -2.22. The molecule has 3 heteroatoms. The Kier molecular flexibility index (Phi) is 3.53. The highest BCUT2D eigenvalue weighted by Crippen LogP contribution is 2.29. The number of nitrogens with two attached hydrogens (primary N) is 1. The Morgan fingerprint density at radius 1 is 1.16 bits per heavy atom. The summed E-state index contributed by atoms with van der Waals surface area (Å²) in [6, 6.07) is 8.05. The van der Waals surface area contributed by atoms with E-state index < -0.39 is 0 Å². The molecule has 3 N–H and O–H groups in total. The third kappa shape index (κ3) is 2.65. The van der Waals surface area contributed by atoms with Crippen LogP contribution in [-0.2, 0) is 0 Å². The smallest absolute Gasteiger partial charge is 0.0724 e. The number of hydrogen-bond donors (Lipinski definition) is 2. The van der Waals surface area contributed by atoms with Crippen molar-refractivity contribution in [2.75, 3.05) is 17.6 Å². The summed E-state index contributed by atoms with van der Waals surface area (Å²) in [7, 11) is 0. The van der Waals surface area contributed by atoms with Gasteiger partial charge in [-0.25, -0.2) is 0 Å². The van der Waals surface area contributed by atoms with E-state index in [2.05, 4.69) is 10.3 Å². The van der Waals surface area contributed by atoms with E-state index in [1.54, 1.807) is 6.20 Å². The number of aromatic nitrogens is 1. The van der Waals surface area contributed by atoms with Crippen LogP contribution < -0.4 is 11.1 Å². The fourth-order valence-corrected chi connectivity index (χ4v) is 2.97. The highest BCUT2D eigenvalue weighted by atomic mass is 14.9. The number of pyridine rings is 1. The lowest BCUT2D eigenvalue weighted by Crippen LogP contribution is -2.17. The van der Waals surface area contributed by atoms with Gasteiger partial charge in [0.25, 0.3) is 0 Å². The standard InChI is InChI=1S/C16H21N3/c17-16-13-7-4-10-18-14(13)8-9-15(16)19-11-12-5-2-1-3-6-12/h4,7-10,12,19H,1-3,5-6,11,17H2. The zero-order valence-electron chi connectivity index (χ0n) is 11.2. The molecule has 1 aromatic heterocycles. The van der Waals surface area contributed by atoms with Crippen molar-refractivity contribution in [1.82, 2.24) is 4.98 Å². The molecule has 1 fully saturated rings. The molecule has 0 aliphatic heterocycles. The molecule has 1 heterocycles. The van der Waals surface area contributed by atoms with Crippen molar-refractivity contribution >= 4 is 22.3 Å². The molecule has 3 rings (SSSR count). The molecule has 1 aliphatic rings. The van der Waals surface area contributed by atoms with Crippen LogP contribution in [0.4, 0.5) is 11.4 Å². The van der Waals surface area contributed by atoms with Gasteiger partial charge < -0.3 is 11.1 Å². The molecule has 0 radical (unpaired) electrons. The molecule has 1 aliphatic carbocycles. The SMILES string of the molecule is Nc1c(NCC2CCCCC2)ccc2ncccc12. The van der Waals surface area contributed by atoms with Crippen LogP contribution in [0, 0.1) is 5.92 Å². The van der Waals surface area contributed by atoms with Crippen LogP contribution >= 0.6 is 0 Å². The van der Waals surface area contributed by atoms with Crippen molar-refractivity contribution < 1.29 is 0 Å². The Labute approximate surface area is 114 Å². The summed E-state index contributed by atoms with van der Waals surface area (Å²) in [5.74, 6) is 0.803. The first-order chi connectivity index (χ1) is 9.34. The fourth-order valence-electron chi connectivity index (χ4n) is 2.97. The van der Waals surface area contributed by atoms with Crippen LogP contribution in [0.3, 0.4) is 0 Å². The van der Waals surface area contributed by atoms with E-state index in [9.17, 15) is 0 Å². The number of nitrogens with zero attached hydrogens (tertiary/aromatic N) is 1. The minimum atomic E-state index is 0.803. The maximum absolute atomic E-state index is 6.23. The molecule has 0 spiro atoms. The maximum atomic E-state index is 6.23. The minimum absolute atomic E-state index is 0.803. The van der Waals surface area contributed by atoms with E-state index in [0.29, 0.717) is 0 Å². The van der Waals surface area contributed by atoms with Gasteiger partial charge in [0.05, 0.1) is 16.9 Å². The summed E-state index contributed by atoms with van der Waals surface area (Å²) in [5.41, 5.74) is 9.06. The topological polar surface area (TPSA) is 50.9 Å². The van der Waals surface area contributed by atoms with Gasteiger partial charge in [0.1, 0.15) is 0 Å². The van der Waals surface area contributed by atoms with E-state index in [4.69, 9.17) is 5.73 Å². The normalized spacial score (nSPS) is 16.6. The van der Waals surface area contributed by atoms with Gasteiger partial charge in [-0.2, -0.15) is 0 Å². The summed E-state index contributed by atoms with van der Waals surface area (Å²) >= 11 is 0. The van der Waals surface area contributed by atoms with Crippen molar-refractivity contribution in [2.45, 2.75) is 32.1 Å². The molecule has 0 unspecified atom stereocenters. The Morgan fingerprint density at radius 3 is 2.84 bits per heavy atom. The fraction of sp³-hybridized carbons (Fsp3) is 0.438. The van der Waals surface area contributed by atoms with Crippen molar-refractivity contribution in [3.8, 4) is 0 Å². The molecule has 100 valence electrons. The van der Waals surface area contributed by atoms with E-state index in [1.165, 1.54) is 32.1 Å². The van der Waals surface area contributed by atoms with Crippen molar-refractivity contribution in [3.05, 3.63) is 30.5 Å². The third-order valence-electron chi connectivity index (χ3n) is 4.13. The summed E-state index contributed by atoms with van der Waals surface area (Å²) in [6.07, 6.45) is 8.66. The molecule has 0 saturated heterocycles. The summed E-state index contributed by atoms with van der Waals surface area (Å²) in [6.45, 7) is 1.04. The molecular weight excluding hydrogens is 234 g/mol. The lowest BCUT2D eigenvalue weighted by molar-refractivity contribution is 0.373. The van der Waals surface area contributed by atoms with Gasteiger partial charge >= 0.3 is 0 Å². The molecule has 0 bridgehead atoms. The Balaban J connectivity index is 1.75. The number of anilines is 2. The van der Waals surface area contributed by atoms with Gasteiger partial charge in [-0.1, -0.05) is 19.3 Å². The van der Waals surface area contributed by atoms with Gasteiger partial charge in [-0.15, -0.1) is 0 Å². The molecule has 2 aromatic rings. The number of nitrogen functional groups attached to an aromatic ring is 1. The monoisotopic (exact) mass is 255 g/mol. The van der Waals surface area contributed by atoms with Gasteiger partial charge in [0.15, 0.2) is 0 Å². The Hall–Kier alpha value is -1.77. The van der Waals surface area contributed by atoms with Crippen LogP contribution in [0.2, 0.25) is 0 Å². The first-order valence-electron chi connectivity index (χ1n) is 7.21. The number of rotatable bonds is 3. The summed E-state index contributed by atoms with van der Waals surface area (Å²) in [5, 5.41) is 4.56. The van der Waals surface area contributed by atoms with E-state index >= 15 is 0 Å². The Morgan fingerprint density at radius 2 is 2.00 bits per heavy atom. The maximum Gasteiger partial charge on any atom is 0.0724 e. The average molecular weight is 255 g/mol. The van der Waals surface area contributed by atoms with Crippen LogP contribution in [0.5, 0.6) is 0 Å².